The van der Waals surface area contributed by atoms with Gasteiger partial charge >= 0.3 is 6.18 Å². The summed E-state index contributed by atoms with van der Waals surface area (Å²) in [7, 11) is 1.59. The van der Waals surface area contributed by atoms with E-state index in [1.54, 1.807) is 25.2 Å². The first-order valence-corrected chi connectivity index (χ1v) is 7.93. The van der Waals surface area contributed by atoms with E-state index in [0.717, 1.165) is 11.5 Å². The third-order valence-electron chi connectivity index (χ3n) is 3.51. The second kappa shape index (κ2) is 10.4. The number of nitrogens with zero attached hydrogens (tertiary/aromatic N) is 2. The van der Waals surface area contributed by atoms with Gasteiger partial charge in [-0.15, -0.1) is 24.0 Å². The summed E-state index contributed by atoms with van der Waals surface area (Å²) >= 11 is 0. The number of para-hydroxylation sites is 1. The molecule has 0 spiro atoms. The van der Waals surface area contributed by atoms with Crippen molar-refractivity contribution in [1.82, 2.24) is 15.6 Å². The van der Waals surface area contributed by atoms with Gasteiger partial charge in [0.1, 0.15) is 11.5 Å². The zero-order valence-corrected chi connectivity index (χ0v) is 17.5. The van der Waals surface area contributed by atoms with Gasteiger partial charge in [0.2, 0.25) is 5.89 Å². The van der Waals surface area contributed by atoms with Crippen LogP contribution in [-0.4, -0.2) is 30.8 Å². The Morgan fingerprint density at radius 2 is 1.85 bits per heavy atom. The van der Waals surface area contributed by atoms with E-state index in [0.29, 0.717) is 24.0 Å². The summed E-state index contributed by atoms with van der Waals surface area (Å²) in [6.45, 7) is 2.93. The van der Waals surface area contributed by atoms with Crippen LogP contribution in [0.2, 0.25) is 0 Å². The van der Waals surface area contributed by atoms with Crippen LogP contribution in [-0.2, 0) is 13.1 Å². The molecule has 0 aliphatic rings. The minimum Gasteiger partial charge on any atom is -0.484 e. The van der Waals surface area contributed by atoms with Crippen molar-refractivity contribution in [3.63, 3.8) is 0 Å². The number of aryl methyl sites for hydroxylation is 2. The maximum atomic E-state index is 12.3. The molecule has 0 amide bonds. The van der Waals surface area contributed by atoms with Crippen LogP contribution >= 0.6 is 24.0 Å². The Bertz CT molecular complexity index is 743. The van der Waals surface area contributed by atoms with E-state index in [2.05, 4.69) is 20.6 Å². The van der Waals surface area contributed by atoms with Crippen LogP contribution in [0.1, 0.15) is 22.9 Å². The van der Waals surface area contributed by atoms with Gasteiger partial charge in [-0.2, -0.15) is 13.2 Å². The number of rotatable bonds is 6. The van der Waals surface area contributed by atoms with Crippen molar-refractivity contribution in [2.24, 2.45) is 4.99 Å². The van der Waals surface area contributed by atoms with Crippen molar-refractivity contribution >= 4 is 29.9 Å². The van der Waals surface area contributed by atoms with Gasteiger partial charge in [-0.3, -0.25) is 4.99 Å². The number of halogens is 4. The largest absolute Gasteiger partial charge is 0.484 e. The van der Waals surface area contributed by atoms with Crippen LogP contribution < -0.4 is 15.4 Å². The highest BCUT2D eigenvalue weighted by atomic mass is 127. The fraction of sp³-hybridized carbons (Fsp3) is 0.412. The number of hydrogen-bond acceptors (Lipinski definition) is 4. The third-order valence-corrected chi connectivity index (χ3v) is 3.51. The molecule has 0 saturated heterocycles. The van der Waals surface area contributed by atoms with Gasteiger partial charge in [0.05, 0.1) is 12.2 Å². The van der Waals surface area contributed by atoms with E-state index >= 15 is 0 Å². The minimum atomic E-state index is -4.38. The van der Waals surface area contributed by atoms with Crippen molar-refractivity contribution in [3.05, 3.63) is 47.2 Å². The van der Waals surface area contributed by atoms with Crippen molar-refractivity contribution in [1.29, 1.82) is 0 Å². The highest BCUT2D eigenvalue weighted by molar-refractivity contribution is 14.0. The van der Waals surface area contributed by atoms with E-state index in [-0.39, 0.29) is 36.3 Å². The molecule has 0 aliphatic heterocycles. The van der Waals surface area contributed by atoms with Gasteiger partial charge in [-0.25, -0.2) is 4.98 Å². The molecule has 0 radical (unpaired) electrons. The number of benzene rings is 1. The second-order valence-electron chi connectivity index (χ2n) is 5.54. The number of ether oxygens (including phenoxy) is 1. The first-order valence-electron chi connectivity index (χ1n) is 7.93. The number of guanidine groups is 1. The Kier molecular flexibility index (Phi) is 8.86. The second-order valence-corrected chi connectivity index (χ2v) is 5.54. The zero-order chi connectivity index (χ0) is 19.2. The van der Waals surface area contributed by atoms with Crippen LogP contribution in [0.15, 0.2) is 33.7 Å². The first-order chi connectivity index (χ1) is 12.3. The normalized spacial score (nSPS) is 11.7. The summed E-state index contributed by atoms with van der Waals surface area (Å²) in [6, 6.07) is 6.53. The number of hydrogen-bond donors (Lipinski definition) is 2. The smallest absolute Gasteiger partial charge is 0.422 e. The summed E-state index contributed by atoms with van der Waals surface area (Å²) in [6.07, 6.45) is -4.38. The van der Waals surface area contributed by atoms with E-state index in [1.165, 1.54) is 6.07 Å². The van der Waals surface area contributed by atoms with Gasteiger partial charge in [-0.1, -0.05) is 18.2 Å². The predicted molar refractivity (Wildman–Crippen MR) is 106 cm³/mol. The average molecular weight is 498 g/mol. The predicted octanol–water partition coefficient (Wildman–Crippen LogP) is 3.72. The molecular weight excluding hydrogens is 476 g/mol. The Labute approximate surface area is 172 Å². The van der Waals surface area contributed by atoms with Crippen LogP contribution in [0.4, 0.5) is 13.2 Å². The molecule has 0 atom stereocenters. The van der Waals surface area contributed by atoms with Crippen molar-refractivity contribution in [2.45, 2.75) is 33.1 Å². The van der Waals surface area contributed by atoms with Gasteiger partial charge in [0.25, 0.3) is 0 Å². The highest BCUT2D eigenvalue weighted by Crippen LogP contribution is 2.22. The first kappa shape index (κ1) is 23.1. The van der Waals surface area contributed by atoms with Crippen LogP contribution in [0.25, 0.3) is 0 Å². The van der Waals surface area contributed by atoms with Crippen molar-refractivity contribution in [2.75, 3.05) is 13.7 Å². The molecule has 1 heterocycles. The van der Waals surface area contributed by atoms with Crippen molar-refractivity contribution in [3.8, 4) is 5.75 Å². The molecule has 0 saturated carbocycles. The van der Waals surface area contributed by atoms with Crippen LogP contribution in [0.3, 0.4) is 0 Å². The summed E-state index contributed by atoms with van der Waals surface area (Å²) in [5.41, 5.74) is 1.41. The van der Waals surface area contributed by atoms with Gasteiger partial charge in [-0.05, 0) is 19.9 Å². The maximum absolute atomic E-state index is 12.3. The monoisotopic (exact) mass is 498 g/mol. The van der Waals surface area contributed by atoms with Gasteiger partial charge in [0.15, 0.2) is 12.6 Å². The molecule has 0 fully saturated rings. The SMILES string of the molecule is CN=C(NCc1nc(C)c(C)o1)NCc1ccccc1OCC(F)(F)F.I. The quantitative estimate of drug-likeness (QED) is 0.361. The summed E-state index contributed by atoms with van der Waals surface area (Å²) in [5, 5.41) is 6.06. The molecule has 1 aromatic heterocycles. The molecule has 2 N–H and O–H groups in total. The van der Waals surface area contributed by atoms with Gasteiger partial charge < -0.3 is 19.8 Å². The Hall–Kier alpha value is -1.98. The van der Waals surface area contributed by atoms with E-state index in [4.69, 9.17) is 9.15 Å². The standard InChI is InChI=1S/C17H21F3N4O2.HI/c1-11-12(2)26-15(24-11)9-23-16(21-3)22-8-13-6-4-5-7-14(13)25-10-17(18,19)20;/h4-7H,8-10H2,1-3H3,(H2,21,22,23);1H. The topological polar surface area (TPSA) is 71.7 Å². The molecule has 0 bridgehead atoms. The third kappa shape index (κ3) is 7.65. The summed E-state index contributed by atoms with van der Waals surface area (Å²) < 4.78 is 47.4. The lowest BCUT2D eigenvalue weighted by atomic mass is 10.2. The molecule has 150 valence electrons. The fourth-order valence-electron chi connectivity index (χ4n) is 2.12. The Morgan fingerprint density at radius 1 is 1.19 bits per heavy atom. The molecule has 1 aromatic carbocycles. The number of alkyl halides is 3. The average Bonchev–Trinajstić information content (AvgIpc) is 2.91. The lowest BCUT2D eigenvalue weighted by Gasteiger charge is -2.15. The summed E-state index contributed by atoms with van der Waals surface area (Å²) in [5.74, 6) is 1.91. The molecule has 2 aromatic rings. The molecule has 0 aliphatic carbocycles. The minimum absolute atomic E-state index is 0. The Balaban J connectivity index is 0.00000364. The Morgan fingerprint density at radius 3 is 2.44 bits per heavy atom. The maximum Gasteiger partial charge on any atom is 0.422 e. The molecule has 0 unspecified atom stereocenters. The molecule has 6 nitrogen and oxygen atoms in total. The molecule has 10 heteroatoms. The highest BCUT2D eigenvalue weighted by Gasteiger charge is 2.28. The van der Waals surface area contributed by atoms with Crippen molar-refractivity contribution < 1.29 is 22.3 Å². The summed E-state index contributed by atoms with van der Waals surface area (Å²) in [4.78, 5) is 8.32. The molecular formula is C17H22F3IN4O2. The van der Waals surface area contributed by atoms with E-state index in [1.807, 2.05) is 13.8 Å². The fourth-order valence-corrected chi connectivity index (χ4v) is 2.12. The lowest BCUT2D eigenvalue weighted by molar-refractivity contribution is -0.153. The van der Waals surface area contributed by atoms with Crippen LogP contribution in [0, 0.1) is 13.8 Å². The molecule has 27 heavy (non-hydrogen) atoms. The van der Waals surface area contributed by atoms with Crippen LogP contribution in [0.5, 0.6) is 5.75 Å². The number of aromatic nitrogens is 1. The van der Waals surface area contributed by atoms with Gasteiger partial charge in [0, 0.05) is 19.2 Å². The zero-order valence-electron chi connectivity index (χ0n) is 15.2. The number of oxazole rings is 1. The van der Waals surface area contributed by atoms with E-state index in [9.17, 15) is 13.2 Å². The number of aliphatic imine (C=N–C) groups is 1. The van der Waals surface area contributed by atoms with E-state index < -0.39 is 12.8 Å². The number of nitrogens with one attached hydrogen (secondary N) is 2. The lowest BCUT2D eigenvalue weighted by Crippen LogP contribution is -2.36. The molecule has 2 rings (SSSR count).